The third-order valence-electron chi connectivity index (χ3n) is 2.86. The summed E-state index contributed by atoms with van der Waals surface area (Å²) < 4.78 is 1.75. The number of rotatable bonds is 4. The Morgan fingerprint density at radius 3 is 2.75 bits per heavy atom. The number of carbonyl (C=O) groups excluding carboxylic acids is 1. The standard InChI is InChI=1S/C12H17N5O2S/c1-6(2)13-9(18)5-20-12-16-15-11-14-10(19)7(3)8(4)17(11)12/h6H,5H2,1-4H3,(H,13,18)(H,14,15,19). The number of amides is 1. The van der Waals surface area contributed by atoms with Gasteiger partial charge in [0.05, 0.1) is 5.75 Å². The second kappa shape index (κ2) is 5.66. The Labute approximate surface area is 120 Å². The van der Waals surface area contributed by atoms with E-state index >= 15 is 0 Å². The van der Waals surface area contributed by atoms with Gasteiger partial charge in [-0.05, 0) is 27.7 Å². The molecule has 0 aliphatic heterocycles. The van der Waals surface area contributed by atoms with E-state index in [2.05, 4.69) is 20.5 Å². The van der Waals surface area contributed by atoms with Crippen LogP contribution in [0, 0.1) is 13.8 Å². The third kappa shape index (κ3) is 2.84. The molecule has 0 aromatic carbocycles. The number of thioether (sulfide) groups is 1. The van der Waals surface area contributed by atoms with E-state index in [9.17, 15) is 9.59 Å². The molecule has 0 aliphatic rings. The van der Waals surface area contributed by atoms with E-state index in [1.165, 1.54) is 11.8 Å². The molecule has 2 heterocycles. The van der Waals surface area contributed by atoms with Gasteiger partial charge in [-0.1, -0.05) is 11.8 Å². The zero-order valence-electron chi connectivity index (χ0n) is 11.9. The van der Waals surface area contributed by atoms with Gasteiger partial charge in [-0.15, -0.1) is 10.2 Å². The zero-order valence-corrected chi connectivity index (χ0v) is 12.7. The van der Waals surface area contributed by atoms with E-state index in [1.54, 1.807) is 11.3 Å². The molecule has 0 radical (unpaired) electrons. The number of H-pyrrole nitrogens is 1. The molecule has 20 heavy (non-hydrogen) atoms. The molecular weight excluding hydrogens is 278 g/mol. The van der Waals surface area contributed by atoms with Gasteiger partial charge in [-0.2, -0.15) is 0 Å². The summed E-state index contributed by atoms with van der Waals surface area (Å²) in [4.78, 5) is 25.9. The number of carbonyl (C=O) groups is 1. The Morgan fingerprint density at radius 2 is 2.10 bits per heavy atom. The summed E-state index contributed by atoms with van der Waals surface area (Å²) in [7, 11) is 0. The van der Waals surface area contributed by atoms with E-state index in [-0.39, 0.29) is 23.3 Å². The lowest BCUT2D eigenvalue weighted by Crippen LogP contribution is -2.31. The van der Waals surface area contributed by atoms with Crippen molar-refractivity contribution in [1.82, 2.24) is 24.9 Å². The van der Waals surface area contributed by atoms with Gasteiger partial charge in [0.25, 0.3) is 5.56 Å². The van der Waals surface area contributed by atoms with E-state index in [0.29, 0.717) is 16.5 Å². The molecule has 7 nitrogen and oxygen atoms in total. The van der Waals surface area contributed by atoms with Gasteiger partial charge in [-0.3, -0.25) is 19.0 Å². The van der Waals surface area contributed by atoms with Gasteiger partial charge in [-0.25, -0.2) is 0 Å². The average molecular weight is 295 g/mol. The van der Waals surface area contributed by atoms with Gasteiger partial charge < -0.3 is 5.32 Å². The van der Waals surface area contributed by atoms with Crippen LogP contribution in [0.25, 0.3) is 5.78 Å². The van der Waals surface area contributed by atoms with Gasteiger partial charge in [0, 0.05) is 17.3 Å². The fourth-order valence-electron chi connectivity index (χ4n) is 1.77. The molecule has 8 heteroatoms. The molecule has 2 rings (SSSR count). The molecule has 0 unspecified atom stereocenters. The minimum atomic E-state index is -0.170. The van der Waals surface area contributed by atoms with Gasteiger partial charge in [0.2, 0.25) is 11.7 Å². The first kappa shape index (κ1) is 14.6. The number of aromatic nitrogens is 4. The van der Waals surface area contributed by atoms with Crippen LogP contribution in [0.4, 0.5) is 0 Å². The second-order valence-corrected chi connectivity index (χ2v) is 5.76. The minimum absolute atomic E-state index is 0.0550. The van der Waals surface area contributed by atoms with Crippen LogP contribution in [0.15, 0.2) is 9.95 Å². The molecule has 108 valence electrons. The summed E-state index contributed by atoms with van der Waals surface area (Å²) in [6.07, 6.45) is 0. The summed E-state index contributed by atoms with van der Waals surface area (Å²) >= 11 is 1.29. The molecule has 0 saturated carbocycles. The van der Waals surface area contributed by atoms with E-state index in [4.69, 9.17) is 0 Å². The summed E-state index contributed by atoms with van der Waals surface area (Å²) in [5, 5.41) is 11.3. The number of hydrogen-bond donors (Lipinski definition) is 2. The van der Waals surface area contributed by atoms with Crippen LogP contribution in [-0.2, 0) is 4.79 Å². The fourth-order valence-corrected chi connectivity index (χ4v) is 2.56. The number of nitrogens with zero attached hydrogens (tertiary/aromatic N) is 3. The predicted octanol–water partition coefficient (Wildman–Crippen LogP) is 0.651. The average Bonchev–Trinajstić information content (AvgIpc) is 2.76. The number of nitrogens with one attached hydrogen (secondary N) is 2. The normalized spacial score (nSPS) is 11.2. The molecular formula is C12H17N5O2S. The van der Waals surface area contributed by atoms with Crippen LogP contribution in [0.3, 0.4) is 0 Å². The SMILES string of the molecule is Cc1c(C)n2c(SCC(=O)NC(C)C)nnc2[nH]c1=O. The topological polar surface area (TPSA) is 92.2 Å². The number of hydrogen-bond acceptors (Lipinski definition) is 5. The maximum absolute atomic E-state index is 11.6. The van der Waals surface area contributed by atoms with Gasteiger partial charge in [0.15, 0.2) is 5.16 Å². The Hall–Kier alpha value is -1.83. The molecule has 1 amide bonds. The lowest BCUT2D eigenvalue weighted by Gasteiger charge is -2.08. The lowest BCUT2D eigenvalue weighted by molar-refractivity contribution is -0.119. The highest BCUT2D eigenvalue weighted by atomic mass is 32.2. The molecule has 0 aliphatic carbocycles. The van der Waals surface area contributed by atoms with Crippen molar-refractivity contribution < 1.29 is 4.79 Å². The Balaban J connectivity index is 2.26. The lowest BCUT2D eigenvalue weighted by atomic mass is 10.3. The molecule has 0 spiro atoms. The van der Waals surface area contributed by atoms with Crippen molar-refractivity contribution in [3.8, 4) is 0 Å². The van der Waals surface area contributed by atoms with Crippen molar-refractivity contribution in [2.75, 3.05) is 5.75 Å². The molecule has 0 bridgehead atoms. The first-order valence-corrected chi connectivity index (χ1v) is 7.25. The van der Waals surface area contributed by atoms with E-state index in [1.807, 2.05) is 20.8 Å². The quantitative estimate of drug-likeness (QED) is 0.808. The maximum atomic E-state index is 11.6. The summed E-state index contributed by atoms with van der Waals surface area (Å²) in [6, 6.07) is 0.110. The molecule has 0 saturated heterocycles. The zero-order chi connectivity index (χ0) is 14.9. The first-order valence-electron chi connectivity index (χ1n) is 6.27. The largest absolute Gasteiger partial charge is 0.353 e. The van der Waals surface area contributed by atoms with E-state index < -0.39 is 0 Å². The third-order valence-corrected chi connectivity index (χ3v) is 3.79. The highest BCUT2D eigenvalue weighted by Crippen LogP contribution is 2.17. The van der Waals surface area contributed by atoms with Crippen molar-refractivity contribution in [2.24, 2.45) is 0 Å². The fraction of sp³-hybridized carbons (Fsp3) is 0.500. The van der Waals surface area contributed by atoms with Crippen molar-refractivity contribution in [2.45, 2.75) is 38.9 Å². The minimum Gasteiger partial charge on any atom is -0.353 e. The Morgan fingerprint density at radius 1 is 1.40 bits per heavy atom. The van der Waals surface area contributed by atoms with Crippen molar-refractivity contribution in [3.63, 3.8) is 0 Å². The molecule has 2 aromatic heterocycles. The van der Waals surface area contributed by atoms with Crippen molar-refractivity contribution in [3.05, 3.63) is 21.6 Å². The number of fused-ring (bicyclic) bond motifs is 1. The van der Waals surface area contributed by atoms with Crippen LogP contribution in [0.2, 0.25) is 0 Å². The highest BCUT2D eigenvalue weighted by Gasteiger charge is 2.14. The molecule has 2 aromatic rings. The van der Waals surface area contributed by atoms with Crippen LogP contribution < -0.4 is 10.9 Å². The summed E-state index contributed by atoms with van der Waals surface area (Å²) in [6.45, 7) is 7.40. The predicted molar refractivity (Wildman–Crippen MR) is 77.1 cm³/mol. The van der Waals surface area contributed by atoms with Crippen molar-refractivity contribution in [1.29, 1.82) is 0 Å². The Bertz CT molecular complexity index is 704. The highest BCUT2D eigenvalue weighted by molar-refractivity contribution is 7.99. The van der Waals surface area contributed by atoms with Gasteiger partial charge >= 0.3 is 0 Å². The van der Waals surface area contributed by atoms with E-state index in [0.717, 1.165) is 5.69 Å². The monoisotopic (exact) mass is 295 g/mol. The van der Waals surface area contributed by atoms with Crippen molar-refractivity contribution >= 4 is 23.4 Å². The second-order valence-electron chi connectivity index (χ2n) is 4.82. The van der Waals surface area contributed by atoms with Gasteiger partial charge in [0.1, 0.15) is 0 Å². The summed E-state index contributed by atoms with van der Waals surface area (Å²) in [5.74, 6) is 0.599. The van der Waals surface area contributed by atoms with Crippen LogP contribution in [0.1, 0.15) is 25.1 Å². The van der Waals surface area contributed by atoms with Crippen LogP contribution >= 0.6 is 11.8 Å². The number of aryl methyl sites for hydroxylation is 1. The molecule has 0 fully saturated rings. The smallest absolute Gasteiger partial charge is 0.255 e. The first-order chi connectivity index (χ1) is 9.40. The molecule has 0 atom stereocenters. The Kier molecular flexibility index (Phi) is 4.12. The number of aromatic amines is 1. The van der Waals surface area contributed by atoms with Crippen LogP contribution in [-0.4, -0.2) is 37.3 Å². The maximum Gasteiger partial charge on any atom is 0.255 e. The summed E-state index contributed by atoms with van der Waals surface area (Å²) in [5.41, 5.74) is 1.22. The van der Waals surface area contributed by atoms with Crippen LogP contribution in [0.5, 0.6) is 0 Å². The molecule has 2 N–H and O–H groups in total.